The highest BCUT2D eigenvalue weighted by Gasteiger charge is 2.29. The molecule has 1 aliphatic carbocycles. The SMILES string of the molecule is NCC1CCC(C(=O)N[C@@H](Cc2ccc(-c3ccccc3)cc2)C(=O)NCCCC[C@H](NC(=O)N[C@@H](CCC(=O)O)C(=O)O)C(=O)O)CC1. The lowest BCUT2D eigenvalue weighted by Crippen LogP contribution is -2.51. The van der Waals surface area contributed by atoms with E-state index in [2.05, 4.69) is 21.3 Å². The van der Waals surface area contributed by atoms with Crippen LogP contribution in [0.2, 0.25) is 0 Å². The Balaban J connectivity index is 1.55. The van der Waals surface area contributed by atoms with Crippen molar-refractivity contribution in [3.05, 3.63) is 60.2 Å². The summed E-state index contributed by atoms with van der Waals surface area (Å²) in [5, 5.41) is 37.6. The highest BCUT2D eigenvalue weighted by molar-refractivity contribution is 5.89. The van der Waals surface area contributed by atoms with Crippen LogP contribution in [0.4, 0.5) is 4.79 Å². The zero-order valence-electron chi connectivity index (χ0n) is 27.4. The minimum absolute atomic E-state index is 0.00904. The van der Waals surface area contributed by atoms with Crippen LogP contribution in [-0.4, -0.2) is 82.3 Å². The first kappa shape index (κ1) is 38.5. The van der Waals surface area contributed by atoms with E-state index < -0.39 is 48.5 Å². The predicted octanol–water partition coefficient (Wildman–Crippen LogP) is 2.50. The number of carboxylic acid groups (broad SMARTS) is 3. The van der Waals surface area contributed by atoms with Crippen LogP contribution < -0.4 is 27.0 Å². The molecule has 2 aromatic carbocycles. The average molecular weight is 682 g/mol. The molecule has 0 saturated heterocycles. The Hall–Kier alpha value is -4.98. The van der Waals surface area contributed by atoms with Crippen LogP contribution in [0, 0.1) is 11.8 Å². The molecule has 0 heterocycles. The van der Waals surface area contributed by atoms with Crippen molar-refractivity contribution < 1.29 is 44.1 Å². The van der Waals surface area contributed by atoms with E-state index in [9.17, 15) is 39.0 Å². The molecule has 1 aliphatic rings. The van der Waals surface area contributed by atoms with Gasteiger partial charge in [0.2, 0.25) is 11.8 Å². The van der Waals surface area contributed by atoms with Gasteiger partial charge in [-0.3, -0.25) is 14.4 Å². The van der Waals surface area contributed by atoms with Crippen LogP contribution in [0.5, 0.6) is 0 Å². The molecule has 0 unspecified atom stereocenters. The average Bonchev–Trinajstić information content (AvgIpc) is 3.09. The number of hydrogen-bond acceptors (Lipinski definition) is 7. The maximum atomic E-state index is 13.4. The monoisotopic (exact) mass is 681 g/mol. The Morgan fingerprint density at radius 2 is 1.31 bits per heavy atom. The lowest BCUT2D eigenvalue weighted by molar-refractivity contribution is -0.141. The van der Waals surface area contributed by atoms with Crippen LogP contribution in [0.15, 0.2) is 54.6 Å². The number of nitrogens with one attached hydrogen (secondary N) is 4. The Kier molecular flexibility index (Phi) is 15.5. The molecule has 2 aromatic rings. The maximum Gasteiger partial charge on any atom is 0.326 e. The van der Waals surface area contributed by atoms with Gasteiger partial charge in [-0.25, -0.2) is 14.4 Å². The lowest BCUT2D eigenvalue weighted by Gasteiger charge is -2.28. The Bertz CT molecular complexity index is 1410. The highest BCUT2D eigenvalue weighted by atomic mass is 16.4. The summed E-state index contributed by atoms with van der Waals surface area (Å²) in [4.78, 5) is 72.7. The van der Waals surface area contributed by atoms with Gasteiger partial charge in [-0.15, -0.1) is 0 Å². The Morgan fingerprint density at radius 1 is 0.714 bits per heavy atom. The van der Waals surface area contributed by atoms with Crippen LogP contribution in [0.3, 0.4) is 0 Å². The van der Waals surface area contributed by atoms with Gasteiger partial charge in [0.05, 0.1) is 0 Å². The molecule has 3 rings (SSSR count). The van der Waals surface area contributed by atoms with Gasteiger partial charge in [0.1, 0.15) is 18.1 Å². The minimum atomic E-state index is -1.50. The zero-order chi connectivity index (χ0) is 35.8. The van der Waals surface area contributed by atoms with Crippen molar-refractivity contribution in [3.8, 4) is 11.1 Å². The summed E-state index contributed by atoms with van der Waals surface area (Å²) in [6.07, 6.45) is 3.22. The fourth-order valence-corrected chi connectivity index (χ4v) is 5.81. The van der Waals surface area contributed by atoms with E-state index in [0.717, 1.165) is 29.5 Å². The van der Waals surface area contributed by atoms with Crippen molar-refractivity contribution in [3.63, 3.8) is 0 Å². The number of carboxylic acids is 3. The largest absolute Gasteiger partial charge is 0.481 e. The van der Waals surface area contributed by atoms with E-state index >= 15 is 0 Å². The smallest absolute Gasteiger partial charge is 0.326 e. The zero-order valence-corrected chi connectivity index (χ0v) is 27.4. The van der Waals surface area contributed by atoms with Gasteiger partial charge < -0.3 is 42.3 Å². The third-order valence-electron chi connectivity index (χ3n) is 8.76. The van der Waals surface area contributed by atoms with Gasteiger partial charge >= 0.3 is 23.9 Å². The molecule has 9 N–H and O–H groups in total. The number of urea groups is 1. The first-order valence-corrected chi connectivity index (χ1v) is 16.6. The number of carbonyl (C=O) groups excluding carboxylic acids is 3. The number of carbonyl (C=O) groups is 6. The van der Waals surface area contributed by atoms with E-state index in [1.165, 1.54) is 0 Å². The Labute approximate surface area is 285 Å². The molecule has 4 amide bonds. The third-order valence-corrected chi connectivity index (χ3v) is 8.76. The number of unbranched alkanes of at least 4 members (excludes halogenated alkanes) is 1. The van der Waals surface area contributed by atoms with Crippen LogP contribution in [0.1, 0.15) is 63.4 Å². The van der Waals surface area contributed by atoms with Gasteiger partial charge in [-0.1, -0.05) is 54.6 Å². The standard InChI is InChI=1S/C35H47N5O9/c36-21-23-11-15-26(16-12-23)31(43)38-29(20-22-9-13-25(14-10-22)24-6-2-1-3-7-24)32(44)37-19-5-4-8-27(33(45)46)39-35(49)40-28(34(47)48)17-18-30(41)42/h1-3,6-7,9-10,13-14,23,26-29H,4-5,8,11-12,15-21,36H2,(H,37,44)(H,38,43)(H,41,42)(H,45,46)(H,47,48)(H2,39,40,49)/t23?,26?,27-,28-,29-/m0/s1. The van der Waals surface area contributed by atoms with E-state index in [1.54, 1.807) is 0 Å². The van der Waals surface area contributed by atoms with Crippen LogP contribution >= 0.6 is 0 Å². The molecule has 49 heavy (non-hydrogen) atoms. The van der Waals surface area contributed by atoms with Crippen molar-refractivity contribution >= 4 is 35.8 Å². The fourth-order valence-electron chi connectivity index (χ4n) is 5.81. The number of aliphatic carboxylic acids is 3. The topological polar surface area (TPSA) is 237 Å². The van der Waals surface area contributed by atoms with Crippen LogP contribution in [0.25, 0.3) is 11.1 Å². The molecular formula is C35H47N5O9. The second-order valence-corrected chi connectivity index (χ2v) is 12.4. The van der Waals surface area contributed by atoms with Gasteiger partial charge in [0.15, 0.2) is 0 Å². The summed E-state index contributed by atoms with van der Waals surface area (Å²) in [5.74, 6) is -4.35. The number of rotatable bonds is 19. The molecule has 0 aliphatic heterocycles. The van der Waals surface area contributed by atoms with Gasteiger partial charge in [0.25, 0.3) is 0 Å². The summed E-state index contributed by atoms with van der Waals surface area (Å²) >= 11 is 0. The molecule has 1 saturated carbocycles. The van der Waals surface area contributed by atoms with Gasteiger partial charge in [-0.2, -0.15) is 0 Å². The van der Waals surface area contributed by atoms with E-state index in [1.807, 2.05) is 54.6 Å². The maximum absolute atomic E-state index is 13.4. The second kappa shape index (κ2) is 19.7. The molecule has 14 heteroatoms. The highest BCUT2D eigenvalue weighted by Crippen LogP contribution is 2.28. The van der Waals surface area contributed by atoms with E-state index in [0.29, 0.717) is 38.1 Å². The van der Waals surface area contributed by atoms with Crippen molar-refractivity contribution in [1.29, 1.82) is 0 Å². The molecule has 0 bridgehead atoms. The number of nitrogens with two attached hydrogens (primary N) is 1. The molecule has 0 radical (unpaired) electrons. The summed E-state index contributed by atoms with van der Waals surface area (Å²) in [6, 6.07) is 13.0. The molecule has 0 aromatic heterocycles. The van der Waals surface area contributed by atoms with Gasteiger partial charge in [-0.05, 0) is 80.5 Å². The lowest BCUT2D eigenvalue weighted by atomic mass is 9.81. The summed E-state index contributed by atoms with van der Waals surface area (Å²) in [7, 11) is 0. The van der Waals surface area contributed by atoms with E-state index in [4.69, 9.17) is 10.8 Å². The number of benzene rings is 2. The van der Waals surface area contributed by atoms with Crippen molar-refractivity contribution in [1.82, 2.24) is 21.3 Å². The first-order chi connectivity index (χ1) is 23.5. The summed E-state index contributed by atoms with van der Waals surface area (Å²) in [5.41, 5.74) is 8.76. The van der Waals surface area contributed by atoms with Crippen molar-refractivity contribution in [2.45, 2.75) is 82.3 Å². The quantitative estimate of drug-likeness (QED) is 0.101. The third kappa shape index (κ3) is 13.2. The van der Waals surface area contributed by atoms with Gasteiger partial charge in [0, 0.05) is 25.3 Å². The molecule has 14 nitrogen and oxygen atoms in total. The number of amides is 4. The second-order valence-electron chi connectivity index (χ2n) is 12.4. The molecule has 0 spiro atoms. The van der Waals surface area contributed by atoms with Crippen molar-refractivity contribution in [2.75, 3.05) is 13.1 Å². The molecule has 266 valence electrons. The van der Waals surface area contributed by atoms with Crippen LogP contribution in [-0.2, 0) is 30.4 Å². The molecular weight excluding hydrogens is 634 g/mol. The van der Waals surface area contributed by atoms with E-state index in [-0.39, 0.29) is 43.5 Å². The summed E-state index contributed by atoms with van der Waals surface area (Å²) in [6.45, 7) is 0.781. The normalized spacial score (nSPS) is 17.5. The minimum Gasteiger partial charge on any atom is -0.481 e. The first-order valence-electron chi connectivity index (χ1n) is 16.6. The summed E-state index contributed by atoms with van der Waals surface area (Å²) < 4.78 is 0. The molecule has 1 fully saturated rings. The van der Waals surface area contributed by atoms with Crippen molar-refractivity contribution in [2.24, 2.45) is 17.6 Å². The Morgan fingerprint density at radius 3 is 1.88 bits per heavy atom. The number of hydrogen-bond donors (Lipinski definition) is 8. The fraction of sp³-hybridized carbons (Fsp3) is 0.486. The predicted molar refractivity (Wildman–Crippen MR) is 180 cm³/mol. The molecule has 3 atom stereocenters.